The van der Waals surface area contributed by atoms with Crippen LogP contribution in [0.2, 0.25) is 0 Å². The second-order valence-electron chi connectivity index (χ2n) is 6.49. The third kappa shape index (κ3) is 3.28. The first-order valence-electron chi connectivity index (χ1n) is 9.04. The highest BCUT2D eigenvalue weighted by Gasteiger charge is 2.22. The van der Waals surface area contributed by atoms with Crippen LogP contribution in [0, 0.1) is 0 Å². The molecule has 5 rings (SSSR count). The van der Waals surface area contributed by atoms with E-state index in [1.807, 2.05) is 36.4 Å². The molecule has 1 unspecified atom stereocenters. The number of nitrogens with zero attached hydrogens (tertiary/aromatic N) is 3. The van der Waals surface area contributed by atoms with Crippen LogP contribution in [-0.2, 0) is 4.74 Å². The third-order valence-corrected chi connectivity index (χ3v) is 5.76. The summed E-state index contributed by atoms with van der Waals surface area (Å²) in [6.07, 6.45) is 2.55. The third-order valence-electron chi connectivity index (χ3n) is 4.70. The molecule has 27 heavy (non-hydrogen) atoms. The van der Waals surface area contributed by atoms with Gasteiger partial charge in [0, 0.05) is 23.6 Å². The van der Waals surface area contributed by atoms with Gasteiger partial charge in [-0.05, 0) is 43.2 Å². The van der Waals surface area contributed by atoms with Gasteiger partial charge < -0.3 is 14.2 Å². The van der Waals surface area contributed by atoms with Gasteiger partial charge in [0.15, 0.2) is 22.5 Å². The molecule has 1 fully saturated rings. The lowest BCUT2D eigenvalue weighted by Gasteiger charge is -2.12. The summed E-state index contributed by atoms with van der Waals surface area (Å²) in [7, 11) is 0. The molecule has 0 amide bonds. The van der Waals surface area contributed by atoms with Crippen molar-refractivity contribution in [2.75, 3.05) is 19.2 Å². The molecule has 1 saturated heterocycles. The van der Waals surface area contributed by atoms with Crippen LogP contribution in [0.15, 0.2) is 53.7 Å². The van der Waals surface area contributed by atoms with Gasteiger partial charge in [-0.1, -0.05) is 30.0 Å². The predicted molar refractivity (Wildman–Crippen MR) is 103 cm³/mol. The van der Waals surface area contributed by atoms with E-state index in [1.165, 1.54) is 0 Å². The Morgan fingerprint density at radius 1 is 1.04 bits per heavy atom. The molecule has 0 spiro atoms. The second-order valence-corrected chi connectivity index (χ2v) is 7.48. The summed E-state index contributed by atoms with van der Waals surface area (Å²) in [6.45, 7) is 1.12. The first kappa shape index (κ1) is 16.6. The van der Waals surface area contributed by atoms with Crippen LogP contribution in [0.5, 0.6) is 11.5 Å². The van der Waals surface area contributed by atoms with Crippen LogP contribution < -0.4 is 9.47 Å². The van der Waals surface area contributed by atoms with E-state index >= 15 is 0 Å². The molecule has 0 aliphatic carbocycles. The van der Waals surface area contributed by atoms with Gasteiger partial charge >= 0.3 is 0 Å². The van der Waals surface area contributed by atoms with E-state index in [4.69, 9.17) is 14.2 Å². The Morgan fingerprint density at radius 3 is 2.78 bits per heavy atom. The zero-order valence-corrected chi connectivity index (χ0v) is 15.5. The summed E-state index contributed by atoms with van der Waals surface area (Å²) in [5.74, 6) is 3.17. The number of para-hydroxylation sites is 1. The van der Waals surface area contributed by atoms with Gasteiger partial charge in [-0.15, -0.1) is 10.2 Å². The number of rotatable bonds is 5. The van der Waals surface area contributed by atoms with Gasteiger partial charge in [-0.2, -0.15) is 0 Å². The van der Waals surface area contributed by atoms with E-state index in [0.29, 0.717) is 6.10 Å². The van der Waals surface area contributed by atoms with E-state index in [1.54, 1.807) is 11.8 Å². The first-order valence-corrected chi connectivity index (χ1v) is 10.0. The summed E-state index contributed by atoms with van der Waals surface area (Å²) in [4.78, 5) is 0. The Kier molecular flexibility index (Phi) is 4.47. The Balaban J connectivity index is 1.52. The Hall–Kier alpha value is -2.51. The number of hydrogen-bond acceptors (Lipinski definition) is 6. The zero-order valence-electron chi connectivity index (χ0n) is 14.7. The number of fused-ring (bicyclic) bond motifs is 1. The molecular weight excluding hydrogens is 362 g/mol. The number of hydrogen-bond donors (Lipinski definition) is 0. The molecule has 3 aromatic rings. The van der Waals surface area contributed by atoms with Crippen molar-refractivity contribution in [3.05, 3.63) is 48.5 Å². The maximum absolute atomic E-state index is 5.75. The molecule has 138 valence electrons. The second kappa shape index (κ2) is 7.25. The van der Waals surface area contributed by atoms with Crippen molar-refractivity contribution in [2.24, 2.45) is 0 Å². The zero-order chi connectivity index (χ0) is 18.1. The van der Waals surface area contributed by atoms with E-state index in [2.05, 4.69) is 26.9 Å². The average Bonchev–Trinajstić information content (AvgIpc) is 3.46. The lowest BCUT2D eigenvalue weighted by molar-refractivity contribution is 0.129. The van der Waals surface area contributed by atoms with Gasteiger partial charge in [-0.3, -0.25) is 4.57 Å². The van der Waals surface area contributed by atoms with Crippen molar-refractivity contribution in [1.82, 2.24) is 14.8 Å². The minimum absolute atomic E-state index is 0.257. The first-order chi connectivity index (χ1) is 13.4. The smallest absolute Gasteiger partial charge is 0.231 e. The minimum Gasteiger partial charge on any atom is -0.454 e. The molecule has 0 bridgehead atoms. The van der Waals surface area contributed by atoms with Crippen molar-refractivity contribution >= 4 is 11.8 Å². The standard InChI is InChI=1S/C20H19N3O3S/c1-2-5-15(6-3-1)23-19(14-8-9-17-18(11-14)26-13-25-17)21-22-20(23)27-12-16-7-4-10-24-16/h1-3,5-6,8-9,11,16H,4,7,10,12-13H2. The lowest BCUT2D eigenvalue weighted by atomic mass is 10.2. The maximum atomic E-state index is 5.75. The monoisotopic (exact) mass is 381 g/mol. The highest BCUT2D eigenvalue weighted by Crippen LogP contribution is 2.37. The Labute approximate surface area is 161 Å². The van der Waals surface area contributed by atoms with E-state index in [0.717, 1.165) is 58.9 Å². The molecule has 0 N–H and O–H groups in total. The summed E-state index contributed by atoms with van der Waals surface area (Å²) < 4.78 is 18.8. The van der Waals surface area contributed by atoms with Gasteiger partial charge in [-0.25, -0.2) is 0 Å². The molecule has 2 aliphatic rings. The molecule has 2 aliphatic heterocycles. The molecule has 2 aromatic carbocycles. The van der Waals surface area contributed by atoms with Crippen molar-refractivity contribution in [1.29, 1.82) is 0 Å². The molecule has 0 radical (unpaired) electrons. The number of benzene rings is 2. The fourth-order valence-electron chi connectivity index (χ4n) is 3.34. The van der Waals surface area contributed by atoms with Gasteiger partial charge in [0.2, 0.25) is 6.79 Å². The minimum atomic E-state index is 0.257. The van der Waals surface area contributed by atoms with E-state index in [-0.39, 0.29) is 6.79 Å². The fourth-order valence-corrected chi connectivity index (χ4v) is 4.36. The van der Waals surface area contributed by atoms with Crippen LogP contribution in [0.1, 0.15) is 12.8 Å². The van der Waals surface area contributed by atoms with E-state index < -0.39 is 0 Å². The Morgan fingerprint density at radius 2 is 1.93 bits per heavy atom. The van der Waals surface area contributed by atoms with Crippen LogP contribution in [0.4, 0.5) is 0 Å². The maximum Gasteiger partial charge on any atom is 0.231 e. The quantitative estimate of drug-likeness (QED) is 0.624. The van der Waals surface area contributed by atoms with E-state index in [9.17, 15) is 0 Å². The molecular formula is C20H19N3O3S. The summed E-state index contributed by atoms with van der Waals surface area (Å²) in [5.41, 5.74) is 1.98. The predicted octanol–water partition coefficient (Wildman–Crippen LogP) is 3.93. The molecule has 7 heteroatoms. The average molecular weight is 381 g/mol. The number of ether oxygens (including phenoxy) is 3. The van der Waals surface area contributed by atoms with Gasteiger partial charge in [0.25, 0.3) is 0 Å². The summed E-state index contributed by atoms with van der Waals surface area (Å²) >= 11 is 1.69. The van der Waals surface area contributed by atoms with Crippen LogP contribution >= 0.6 is 11.8 Å². The van der Waals surface area contributed by atoms with Crippen LogP contribution in [0.3, 0.4) is 0 Å². The van der Waals surface area contributed by atoms with Crippen molar-refractivity contribution < 1.29 is 14.2 Å². The molecule has 1 aromatic heterocycles. The fraction of sp³-hybridized carbons (Fsp3) is 0.300. The normalized spacial score (nSPS) is 18.1. The highest BCUT2D eigenvalue weighted by molar-refractivity contribution is 7.99. The molecule has 1 atom stereocenters. The van der Waals surface area contributed by atoms with Crippen molar-refractivity contribution in [3.63, 3.8) is 0 Å². The molecule has 6 nitrogen and oxygen atoms in total. The van der Waals surface area contributed by atoms with Gasteiger partial charge in [0.1, 0.15) is 0 Å². The van der Waals surface area contributed by atoms with Crippen LogP contribution in [-0.4, -0.2) is 40.0 Å². The summed E-state index contributed by atoms with van der Waals surface area (Å²) in [6, 6.07) is 16.0. The van der Waals surface area contributed by atoms with Crippen LogP contribution in [0.25, 0.3) is 17.1 Å². The molecule has 0 saturated carbocycles. The topological polar surface area (TPSA) is 58.4 Å². The number of aromatic nitrogens is 3. The molecule has 3 heterocycles. The lowest BCUT2D eigenvalue weighted by Crippen LogP contribution is -2.09. The van der Waals surface area contributed by atoms with Crippen molar-refractivity contribution in [2.45, 2.75) is 24.1 Å². The number of thioether (sulfide) groups is 1. The highest BCUT2D eigenvalue weighted by atomic mass is 32.2. The SMILES string of the molecule is c1ccc(-n2c(SCC3CCCO3)nnc2-c2ccc3c(c2)OCO3)cc1. The Bertz CT molecular complexity index is 939. The van der Waals surface area contributed by atoms with Gasteiger partial charge in [0.05, 0.1) is 6.10 Å². The summed E-state index contributed by atoms with van der Waals surface area (Å²) in [5, 5.41) is 9.83. The largest absolute Gasteiger partial charge is 0.454 e. The van der Waals surface area contributed by atoms with Crippen molar-refractivity contribution in [3.8, 4) is 28.6 Å².